The number of amides is 2. The van der Waals surface area contributed by atoms with Crippen molar-refractivity contribution in [2.24, 2.45) is 11.7 Å². The van der Waals surface area contributed by atoms with Gasteiger partial charge in [-0.1, -0.05) is 0 Å². The van der Waals surface area contributed by atoms with E-state index in [1.807, 2.05) is 39.1 Å². The minimum atomic E-state index is -0.585. The zero-order valence-corrected chi connectivity index (χ0v) is 19.7. The van der Waals surface area contributed by atoms with Gasteiger partial charge in [0, 0.05) is 42.9 Å². The molecule has 34 heavy (non-hydrogen) atoms. The molecule has 1 aliphatic rings. The van der Waals surface area contributed by atoms with E-state index in [2.05, 4.69) is 20.6 Å². The van der Waals surface area contributed by atoms with Crippen LogP contribution in [-0.2, 0) is 4.74 Å². The van der Waals surface area contributed by atoms with Crippen molar-refractivity contribution in [2.75, 3.05) is 11.9 Å². The molecule has 0 spiro atoms. The number of aromatic nitrogens is 4. The van der Waals surface area contributed by atoms with E-state index in [4.69, 9.17) is 15.5 Å². The topological polar surface area (TPSA) is 137 Å². The molecule has 0 radical (unpaired) electrons. The predicted octanol–water partition coefficient (Wildman–Crippen LogP) is 3.39. The van der Waals surface area contributed by atoms with Crippen molar-refractivity contribution in [3.8, 4) is 11.3 Å². The third kappa shape index (κ3) is 5.81. The summed E-state index contributed by atoms with van der Waals surface area (Å²) >= 11 is 0. The smallest absolute Gasteiger partial charge is 0.407 e. The molecule has 3 aromatic rings. The Hall–Kier alpha value is -3.69. The highest BCUT2D eigenvalue weighted by Gasteiger charge is 2.24. The maximum Gasteiger partial charge on any atom is 0.407 e. The minimum Gasteiger partial charge on any atom is -0.444 e. The van der Waals surface area contributed by atoms with E-state index in [1.54, 1.807) is 23.0 Å². The largest absolute Gasteiger partial charge is 0.444 e. The first-order valence-electron chi connectivity index (χ1n) is 11.5. The third-order valence-corrected chi connectivity index (χ3v) is 5.79. The van der Waals surface area contributed by atoms with E-state index in [0.717, 1.165) is 36.9 Å². The normalized spacial score (nSPS) is 18.4. The standard InChI is InChI=1S/C24H31N7O3/c1-24(2,3)34-23(33)27-12-15-4-6-17(7-5-15)28-21-22-30-19(20(25)32)14-31(22)13-18(29-21)16-8-10-26-11-9-16/h8-11,13-15,17H,4-7,12H2,1-3H3,(H2,25,32)(H,27,33)(H,28,29). The molecule has 1 saturated carbocycles. The van der Waals surface area contributed by atoms with E-state index in [-0.39, 0.29) is 17.8 Å². The van der Waals surface area contributed by atoms with Crippen LogP contribution in [0.5, 0.6) is 0 Å². The molecule has 3 aromatic heterocycles. The third-order valence-electron chi connectivity index (χ3n) is 5.79. The molecular formula is C24H31N7O3. The molecule has 0 atom stereocenters. The molecule has 0 aliphatic heterocycles. The molecule has 1 aliphatic carbocycles. The number of fused-ring (bicyclic) bond motifs is 1. The van der Waals surface area contributed by atoms with Gasteiger partial charge in [0.05, 0.1) is 5.69 Å². The fourth-order valence-corrected chi connectivity index (χ4v) is 4.12. The van der Waals surface area contributed by atoms with Gasteiger partial charge >= 0.3 is 6.09 Å². The molecule has 0 saturated heterocycles. The quantitative estimate of drug-likeness (QED) is 0.507. The summed E-state index contributed by atoms with van der Waals surface area (Å²) in [6, 6.07) is 3.97. The molecule has 1 fully saturated rings. The number of hydrogen-bond donors (Lipinski definition) is 3. The number of rotatable bonds is 6. The zero-order chi connectivity index (χ0) is 24.3. The lowest BCUT2D eigenvalue weighted by molar-refractivity contribution is 0.0515. The van der Waals surface area contributed by atoms with Crippen molar-refractivity contribution < 1.29 is 14.3 Å². The maximum absolute atomic E-state index is 11.9. The van der Waals surface area contributed by atoms with Crippen molar-refractivity contribution in [1.82, 2.24) is 24.7 Å². The Morgan fingerprint density at radius 3 is 2.47 bits per heavy atom. The summed E-state index contributed by atoms with van der Waals surface area (Å²) in [6.45, 7) is 6.16. The van der Waals surface area contributed by atoms with Gasteiger partial charge in [0.2, 0.25) is 0 Å². The van der Waals surface area contributed by atoms with Gasteiger partial charge < -0.3 is 25.5 Å². The number of primary amides is 1. The SMILES string of the molecule is CC(C)(C)OC(=O)NCC1CCC(Nc2nc(-c3ccncc3)cn3cc(C(N)=O)nc23)CC1. The zero-order valence-electron chi connectivity index (χ0n) is 19.7. The van der Waals surface area contributed by atoms with E-state index in [0.29, 0.717) is 23.9 Å². The van der Waals surface area contributed by atoms with Gasteiger partial charge in [-0.15, -0.1) is 0 Å². The summed E-state index contributed by atoms with van der Waals surface area (Å²) in [7, 11) is 0. The second-order valence-electron chi connectivity index (χ2n) is 9.68. The number of nitrogens with one attached hydrogen (secondary N) is 2. The van der Waals surface area contributed by atoms with Crippen LogP contribution >= 0.6 is 0 Å². The Labute approximate surface area is 198 Å². The summed E-state index contributed by atoms with van der Waals surface area (Å²) in [5.41, 5.74) is 7.34. The van der Waals surface area contributed by atoms with E-state index < -0.39 is 11.5 Å². The van der Waals surface area contributed by atoms with Crippen LogP contribution in [-0.4, -0.2) is 49.5 Å². The van der Waals surface area contributed by atoms with E-state index in [9.17, 15) is 9.59 Å². The molecule has 0 aromatic carbocycles. The molecule has 4 N–H and O–H groups in total. The lowest BCUT2D eigenvalue weighted by Gasteiger charge is -2.30. The first-order chi connectivity index (χ1) is 16.2. The fraction of sp³-hybridized carbons (Fsp3) is 0.458. The van der Waals surface area contributed by atoms with Crippen LogP contribution in [0, 0.1) is 5.92 Å². The highest BCUT2D eigenvalue weighted by Crippen LogP contribution is 2.28. The maximum atomic E-state index is 11.9. The number of hydrogen-bond acceptors (Lipinski definition) is 7. The highest BCUT2D eigenvalue weighted by atomic mass is 16.6. The number of carbonyl (C=O) groups is 2. The average molecular weight is 466 g/mol. The Morgan fingerprint density at radius 1 is 1.12 bits per heavy atom. The van der Waals surface area contributed by atoms with Crippen LogP contribution in [0.2, 0.25) is 0 Å². The number of anilines is 1. The van der Waals surface area contributed by atoms with Crippen LogP contribution < -0.4 is 16.4 Å². The second-order valence-corrected chi connectivity index (χ2v) is 9.68. The van der Waals surface area contributed by atoms with Crippen molar-refractivity contribution in [2.45, 2.75) is 58.1 Å². The van der Waals surface area contributed by atoms with E-state index >= 15 is 0 Å². The monoisotopic (exact) mass is 465 g/mol. The first kappa shape index (κ1) is 23.5. The molecular weight excluding hydrogens is 434 g/mol. The summed E-state index contributed by atoms with van der Waals surface area (Å²) in [5.74, 6) is 0.421. The molecule has 3 heterocycles. The summed E-state index contributed by atoms with van der Waals surface area (Å²) in [4.78, 5) is 36.9. The van der Waals surface area contributed by atoms with E-state index in [1.165, 1.54) is 0 Å². The predicted molar refractivity (Wildman–Crippen MR) is 128 cm³/mol. The van der Waals surface area contributed by atoms with Gasteiger partial charge in [-0.3, -0.25) is 9.78 Å². The summed E-state index contributed by atoms with van der Waals surface area (Å²) < 4.78 is 7.10. The lowest BCUT2D eigenvalue weighted by atomic mass is 9.86. The van der Waals surface area contributed by atoms with Crippen molar-refractivity contribution in [3.05, 3.63) is 42.6 Å². The van der Waals surface area contributed by atoms with Gasteiger partial charge in [-0.2, -0.15) is 0 Å². The number of carbonyl (C=O) groups excluding carboxylic acids is 2. The molecule has 10 heteroatoms. The van der Waals surface area contributed by atoms with Crippen molar-refractivity contribution in [1.29, 1.82) is 0 Å². The second kappa shape index (κ2) is 9.66. The number of nitrogens with zero attached hydrogens (tertiary/aromatic N) is 4. The molecule has 180 valence electrons. The number of imidazole rings is 1. The van der Waals surface area contributed by atoms with Gasteiger partial charge in [0.25, 0.3) is 5.91 Å². The first-order valence-corrected chi connectivity index (χ1v) is 11.5. The van der Waals surface area contributed by atoms with Crippen LogP contribution in [0.1, 0.15) is 56.9 Å². The number of alkyl carbamates (subject to hydrolysis) is 1. The molecule has 0 bridgehead atoms. The van der Waals surface area contributed by atoms with Crippen LogP contribution in [0.4, 0.5) is 10.6 Å². The minimum absolute atomic E-state index is 0.189. The number of ether oxygens (including phenoxy) is 1. The van der Waals surface area contributed by atoms with Crippen LogP contribution in [0.25, 0.3) is 16.9 Å². The summed E-state index contributed by atoms with van der Waals surface area (Å²) in [5, 5.41) is 6.41. The van der Waals surface area contributed by atoms with Gasteiger partial charge in [0.1, 0.15) is 11.3 Å². The van der Waals surface area contributed by atoms with Crippen molar-refractivity contribution in [3.63, 3.8) is 0 Å². The summed E-state index contributed by atoms with van der Waals surface area (Å²) in [6.07, 6.45) is 10.3. The van der Waals surface area contributed by atoms with Crippen LogP contribution in [0.3, 0.4) is 0 Å². The fourth-order valence-electron chi connectivity index (χ4n) is 4.12. The highest BCUT2D eigenvalue weighted by molar-refractivity contribution is 5.92. The Kier molecular flexibility index (Phi) is 6.67. The lowest BCUT2D eigenvalue weighted by Crippen LogP contribution is -2.37. The average Bonchev–Trinajstić information content (AvgIpc) is 3.23. The van der Waals surface area contributed by atoms with Gasteiger partial charge in [-0.25, -0.2) is 14.8 Å². The molecule has 2 amide bonds. The van der Waals surface area contributed by atoms with Crippen LogP contribution in [0.15, 0.2) is 36.9 Å². The Morgan fingerprint density at radius 2 is 1.82 bits per heavy atom. The number of pyridine rings is 1. The Balaban J connectivity index is 1.45. The number of nitrogens with two attached hydrogens (primary N) is 1. The van der Waals surface area contributed by atoms with Gasteiger partial charge in [-0.05, 0) is 64.5 Å². The van der Waals surface area contributed by atoms with Crippen molar-refractivity contribution >= 4 is 23.5 Å². The molecule has 0 unspecified atom stereocenters. The Bertz CT molecular complexity index is 1160. The molecule has 4 rings (SSSR count). The van der Waals surface area contributed by atoms with Gasteiger partial charge in [0.15, 0.2) is 11.5 Å². The molecule has 10 nitrogen and oxygen atoms in total.